The van der Waals surface area contributed by atoms with Gasteiger partial charge in [-0.15, -0.1) is 10.2 Å². The molecule has 0 aliphatic rings. The van der Waals surface area contributed by atoms with E-state index in [-0.39, 0.29) is 26.5 Å². The zero-order chi connectivity index (χ0) is 22.6. The maximum absolute atomic E-state index is 12.5. The maximum atomic E-state index is 12.5. The molecule has 3 rings (SSSR count). The van der Waals surface area contributed by atoms with Crippen molar-refractivity contribution in [3.63, 3.8) is 0 Å². The second-order valence-electron chi connectivity index (χ2n) is 6.30. The molecular weight excluding hydrogens is 462 g/mol. The number of hydrogen-bond acceptors (Lipinski definition) is 8. The Morgan fingerprint density at radius 2 is 1.35 bits per heavy atom. The van der Waals surface area contributed by atoms with Crippen LogP contribution in [-0.2, 0) is 31.3 Å². The summed E-state index contributed by atoms with van der Waals surface area (Å²) in [6, 6.07) is 10.9. The zero-order valence-electron chi connectivity index (χ0n) is 16.5. The number of carbonyl (C=O) groups excluding carboxylic acids is 1. The van der Waals surface area contributed by atoms with Crippen LogP contribution in [-0.4, -0.2) is 32.9 Å². The Bertz CT molecular complexity index is 1290. The Kier molecular flexibility index (Phi) is 6.57. The third-order valence-corrected chi connectivity index (χ3v) is 7.76. The summed E-state index contributed by atoms with van der Waals surface area (Å²) in [6.07, 6.45) is 0.643. The lowest BCUT2D eigenvalue weighted by atomic mass is 10.3. The van der Waals surface area contributed by atoms with Crippen molar-refractivity contribution in [1.82, 2.24) is 10.2 Å². The van der Waals surface area contributed by atoms with Gasteiger partial charge in [-0.25, -0.2) is 16.8 Å². The molecule has 13 heteroatoms. The van der Waals surface area contributed by atoms with Gasteiger partial charge >= 0.3 is 0 Å². The molecule has 0 atom stereocenters. The van der Waals surface area contributed by atoms with Crippen molar-refractivity contribution in [3.05, 3.63) is 53.5 Å². The van der Waals surface area contributed by atoms with Gasteiger partial charge in [-0.05, 0) is 55.0 Å². The number of rotatable bonds is 8. The lowest BCUT2D eigenvalue weighted by Gasteiger charge is -2.10. The van der Waals surface area contributed by atoms with Crippen LogP contribution in [0.1, 0.15) is 18.9 Å². The van der Waals surface area contributed by atoms with E-state index in [2.05, 4.69) is 25.0 Å². The number of nitrogens with zero attached hydrogens (tertiary/aromatic N) is 2. The first kappa shape index (κ1) is 22.7. The van der Waals surface area contributed by atoms with Gasteiger partial charge in [0.2, 0.25) is 11.0 Å². The summed E-state index contributed by atoms with van der Waals surface area (Å²) >= 11 is 1.14. The predicted octanol–water partition coefficient (Wildman–Crippen LogP) is 2.66. The van der Waals surface area contributed by atoms with Crippen molar-refractivity contribution in [2.75, 3.05) is 14.8 Å². The van der Waals surface area contributed by atoms with Crippen LogP contribution in [0.5, 0.6) is 0 Å². The van der Waals surface area contributed by atoms with E-state index in [0.29, 0.717) is 17.1 Å². The zero-order valence-corrected chi connectivity index (χ0v) is 18.9. The molecule has 0 aliphatic heterocycles. The summed E-state index contributed by atoms with van der Waals surface area (Å²) in [4.78, 5) is 11.0. The average molecular weight is 482 g/mol. The van der Waals surface area contributed by atoms with Gasteiger partial charge < -0.3 is 5.32 Å². The first-order valence-corrected chi connectivity index (χ1v) is 12.7. The second kappa shape index (κ2) is 8.99. The molecule has 10 nitrogen and oxygen atoms in total. The van der Waals surface area contributed by atoms with Crippen LogP contribution in [0, 0.1) is 0 Å². The van der Waals surface area contributed by atoms with E-state index < -0.39 is 20.0 Å². The van der Waals surface area contributed by atoms with E-state index in [1.807, 2.05) is 6.92 Å². The number of sulfonamides is 2. The van der Waals surface area contributed by atoms with E-state index in [0.717, 1.165) is 11.3 Å². The van der Waals surface area contributed by atoms with E-state index in [4.69, 9.17) is 0 Å². The Labute approximate surface area is 183 Å². The molecule has 3 aromatic rings. The molecule has 3 N–H and O–H groups in total. The molecule has 164 valence electrons. The predicted molar refractivity (Wildman–Crippen MR) is 118 cm³/mol. The molecule has 0 spiro atoms. The van der Waals surface area contributed by atoms with E-state index >= 15 is 0 Å². The minimum absolute atomic E-state index is 0.0111. The number of nitrogens with one attached hydrogen (secondary N) is 3. The summed E-state index contributed by atoms with van der Waals surface area (Å²) in [5, 5.41) is 11.1. The highest BCUT2D eigenvalue weighted by atomic mass is 32.2. The standard InChI is InChI=1S/C18H19N5O5S3/c1-3-17-20-21-18(29-17)23-31(27,28)16-10-6-14(7-11-16)22-30(25,26)15-8-4-13(5-9-15)19-12(2)24/h4-11,22H,3H2,1-2H3,(H,19,24)(H,21,23). The van der Waals surface area contributed by atoms with Crippen LogP contribution in [0.25, 0.3) is 0 Å². The highest BCUT2D eigenvalue weighted by Crippen LogP contribution is 2.23. The number of aromatic nitrogens is 2. The monoisotopic (exact) mass is 481 g/mol. The third-order valence-electron chi connectivity index (χ3n) is 3.89. The molecule has 0 bridgehead atoms. The fraction of sp³-hybridized carbons (Fsp3) is 0.167. The van der Waals surface area contributed by atoms with Crippen LogP contribution >= 0.6 is 11.3 Å². The van der Waals surface area contributed by atoms with Crippen LogP contribution in [0.2, 0.25) is 0 Å². The SMILES string of the molecule is CCc1nnc(NS(=O)(=O)c2ccc(NS(=O)(=O)c3ccc(NC(C)=O)cc3)cc2)s1. The topological polar surface area (TPSA) is 147 Å². The summed E-state index contributed by atoms with van der Waals surface area (Å²) < 4.78 is 54.8. The van der Waals surface area contributed by atoms with Gasteiger partial charge in [-0.3, -0.25) is 14.2 Å². The molecule has 0 radical (unpaired) electrons. The Morgan fingerprint density at radius 3 is 1.84 bits per heavy atom. The number of aryl methyl sites for hydroxylation is 1. The smallest absolute Gasteiger partial charge is 0.263 e. The summed E-state index contributed by atoms with van der Waals surface area (Å²) in [7, 11) is -7.79. The highest BCUT2D eigenvalue weighted by molar-refractivity contribution is 7.93. The Balaban J connectivity index is 1.72. The Morgan fingerprint density at radius 1 is 0.839 bits per heavy atom. The largest absolute Gasteiger partial charge is 0.326 e. The molecule has 0 saturated carbocycles. The lowest BCUT2D eigenvalue weighted by molar-refractivity contribution is -0.114. The number of amides is 1. The van der Waals surface area contributed by atoms with E-state index in [9.17, 15) is 21.6 Å². The molecule has 0 unspecified atom stereocenters. The normalized spacial score (nSPS) is 11.7. The number of hydrogen-bond donors (Lipinski definition) is 3. The molecule has 31 heavy (non-hydrogen) atoms. The number of benzene rings is 2. The second-order valence-corrected chi connectivity index (χ2v) is 10.7. The van der Waals surface area contributed by atoms with Crippen LogP contribution in [0.3, 0.4) is 0 Å². The summed E-state index contributed by atoms with van der Waals surface area (Å²) in [5.74, 6) is -0.268. The maximum Gasteiger partial charge on any atom is 0.263 e. The van der Waals surface area contributed by atoms with E-state index in [1.165, 1.54) is 55.5 Å². The first-order chi connectivity index (χ1) is 14.6. The van der Waals surface area contributed by atoms with Gasteiger partial charge in [0.25, 0.3) is 20.0 Å². The molecule has 0 aliphatic carbocycles. The fourth-order valence-corrected chi connectivity index (χ4v) is 5.42. The summed E-state index contributed by atoms with van der Waals surface area (Å²) in [6.45, 7) is 3.23. The van der Waals surface area contributed by atoms with Crippen molar-refractivity contribution in [1.29, 1.82) is 0 Å². The minimum Gasteiger partial charge on any atom is -0.326 e. The van der Waals surface area contributed by atoms with Crippen molar-refractivity contribution < 1.29 is 21.6 Å². The van der Waals surface area contributed by atoms with Crippen molar-refractivity contribution >= 4 is 53.8 Å². The van der Waals surface area contributed by atoms with Gasteiger partial charge in [0.1, 0.15) is 5.01 Å². The highest BCUT2D eigenvalue weighted by Gasteiger charge is 2.18. The van der Waals surface area contributed by atoms with Crippen LogP contribution in [0.4, 0.5) is 16.5 Å². The van der Waals surface area contributed by atoms with Gasteiger partial charge in [0.05, 0.1) is 9.79 Å². The van der Waals surface area contributed by atoms with Crippen molar-refractivity contribution in [3.8, 4) is 0 Å². The average Bonchev–Trinajstić information content (AvgIpc) is 3.15. The quantitative estimate of drug-likeness (QED) is 0.448. The number of carbonyl (C=O) groups is 1. The fourth-order valence-electron chi connectivity index (χ4n) is 2.45. The van der Waals surface area contributed by atoms with E-state index in [1.54, 1.807) is 0 Å². The minimum atomic E-state index is -3.90. The van der Waals surface area contributed by atoms with Crippen LogP contribution in [0.15, 0.2) is 58.3 Å². The van der Waals surface area contributed by atoms with Gasteiger partial charge in [0, 0.05) is 18.3 Å². The van der Waals surface area contributed by atoms with Gasteiger partial charge in [-0.1, -0.05) is 18.3 Å². The van der Waals surface area contributed by atoms with Crippen LogP contribution < -0.4 is 14.8 Å². The molecule has 1 heterocycles. The Hall–Kier alpha value is -3.03. The van der Waals surface area contributed by atoms with Crippen molar-refractivity contribution in [2.24, 2.45) is 0 Å². The molecule has 0 saturated heterocycles. The molecule has 2 aromatic carbocycles. The number of anilines is 3. The lowest BCUT2D eigenvalue weighted by Crippen LogP contribution is -2.14. The molecule has 1 aromatic heterocycles. The first-order valence-electron chi connectivity index (χ1n) is 8.95. The molecule has 0 fully saturated rings. The van der Waals surface area contributed by atoms with Gasteiger partial charge in [-0.2, -0.15) is 0 Å². The van der Waals surface area contributed by atoms with Crippen molar-refractivity contribution in [2.45, 2.75) is 30.1 Å². The molecular formula is C18H19N5O5S3. The van der Waals surface area contributed by atoms with Gasteiger partial charge in [0.15, 0.2) is 0 Å². The summed E-state index contributed by atoms with van der Waals surface area (Å²) in [5.41, 5.74) is 0.657. The third kappa shape index (κ3) is 5.77. The molecule has 1 amide bonds.